The van der Waals surface area contributed by atoms with Gasteiger partial charge < -0.3 is 10.6 Å². The van der Waals surface area contributed by atoms with E-state index in [0.29, 0.717) is 11.3 Å². The van der Waals surface area contributed by atoms with Crippen molar-refractivity contribution in [3.05, 3.63) is 71.4 Å². The fourth-order valence-corrected chi connectivity index (χ4v) is 1.91. The summed E-state index contributed by atoms with van der Waals surface area (Å²) in [6.45, 7) is 1.92. The van der Waals surface area contributed by atoms with Crippen molar-refractivity contribution >= 4 is 17.3 Å². The average molecular weight is 302 g/mol. The molecule has 0 aromatic heterocycles. The number of para-hydroxylation sites is 2. The number of hydrogen-bond donors (Lipinski definition) is 2. The molecule has 112 valence electrons. The minimum absolute atomic E-state index is 0.0824. The summed E-state index contributed by atoms with van der Waals surface area (Å²) in [6, 6.07) is 18.0. The number of benzene rings is 2. The lowest BCUT2D eigenvalue weighted by Crippen LogP contribution is -2.15. The van der Waals surface area contributed by atoms with Gasteiger partial charge in [0.15, 0.2) is 0 Å². The third-order valence-electron chi connectivity index (χ3n) is 3.18. The smallest absolute Gasteiger partial charge is 0.267 e. The van der Waals surface area contributed by atoms with Crippen LogP contribution in [0.3, 0.4) is 0 Å². The normalized spacial score (nSPS) is 10.3. The van der Waals surface area contributed by atoms with Crippen LogP contribution in [0, 0.1) is 29.6 Å². The molecular weight excluding hydrogens is 288 g/mol. The van der Waals surface area contributed by atoms with Gasteiger partial charge in [0, 0.05) is 11.9 Å². The summed E-state index contributed by atoms with van der Waals surface area (Å²) in [7, 11) is 0. The summed E-state index contributed by atoms with van der Waals surface area (Å²) in [4.78, 5) is 12.2. The molecule has 0 fully saturated rings. The van der Waals surface area contributed by atoms with Gasteiger partial charge in [-0.1, -0.05) is 30.3 Å². The Balaban J connectivity index is 2.16. The van der Waals surface area contributed by atoms with Crippen molar-refractivity contribution in [2.75, 3.05) is 10.6 Å². The Kier molecular flexibility index (Phi) is 5.12. The van der Waals surface area contributed by atoms with Gasteiger partial charge in [-0.15, -0.1) is 0 Å². The third-order valence-corrected chi connectivity index (χ3v) is 3.18. The Morgan fingerprint density at radius 2 is 1.70 bits per heavy atom. The fourth-order valence-electron chi connectivity index (χ4n) is 1.91. The number of carbonyl (C=O) groups is 1. The van der Waals surface area contributed by atoms with E-state index in [2.05, 4.69) is 10.6 Å². The van der Waals surface area contributed by atoms with Gasteiger partial charge in [-0.3, -0.25) is 4.79 Å². The molecule has 1 amide bonds. The van der Waals surface area contributed by atoms with E-state index in [0.717, 1.165) is 11.3 Å². The second-order valence-electron chi connectivity index (χ2n) is 4.74. The number of nitrogens with zero attached hydrogens (tertiary/aromatic N) is 2. The Morgan fingerprint density at radius 3 is 2.35 bits per heavy atom. The van der Waals surface area contributed by atoms with Crippen LogP contribution in [0.2, 0.25) is 0 Å². The molecule has 0 aliphatic heterocycles. The highest BCUT2D eigenvalue weighted by molar-refractivity contribution is 6.07. The van der Waals surface area contributed by atoms with Gasteiger partial charge in [0.1, 0.15) is 17.7 Å². The quantitative estimate of drug-likeness (QED) is 0.669. The second kappa shape index (κ2) is 7.44. The zero-order valence-corrected chi connectivity index (χ0v) is 12.5. The molecule has 2 rings (SSSR count). The second-order valence-corrected chi connectivity index (χ2v) is 4.74. The maximum atomic E-state index is 12.2. The van der Waals surface area contributed by atoms with Crippen molar-refractivity contribution < 1.29 is 4.79 Å². The highest BCUT2D eigenvalue weighted by Crippen LogP contribution is 2.16. The van der Waals surface area contributed by atoms with Crippen LogP contribution in [0.25, 0.3) is 0 Å². The molecule has 2 aromatic carbocycles. The number of nitriles is 2. The van der Waals surface area contributed by atoms with Crippen LogP contribution in [0.15, 0.2) is 60.3 Å². The molecule has 0 aliphatic carbocycles. The molecule has 0 heterocycles. The molecule has 2 N–H and O–H groups in total. The minimum atomic E-state index is -0.573. The van der Waals surface area contributed by atoms with E-state index in [9.17, 15) is 4.79 Å². The van der Waals surface area contributed by atoms with Gasteiger partial charge in [-0.2, -0.15) is 10.5 Å². The SMILES string of the molecule is Cc1ccccc1N/C=C(/C#N)C(=O)Nc1ccccc1C#N. The first-order chi connectivity index (χ1) is 11.2. The lowest BCUT2D eigenvalue weighted by Gasteiger charge is -2.07. The fraction of sp³-hybridized carbons (Fsp3) is 0.0556. The molecule has 0 atom stereocenters. The predicted octanol–water partition coefficient (Wildman–Crippen LogP) is 3.32. The van der Waals surface area contributed by atoms with Crippen LogP contribution in [0.5, 0.6) is 0 Å². The zero-order chi connectivity index (χ0) is 16.7. The molecule has 0 aliphatic rings. The number of hydrogen-bond acceptors (Lipinski definition) is 4. The van der Waals surface area contributed by atoms with E-state index in [1.165, 1.54) is 6.20 Å². The summed E-state index contributed by atoms with van der Waals surface area (Å²) in [5.74, 6) is -0.573. The largest absolute Gasteiger partial charge is 0.360 e. The van der Waals surface area contributed by atoms with Crippen LogP contribution in [-0.2, 0) is 4.79 Å². The van der Waals surface area contributed by atoms with E-state index in [-0.39, 0.29) is 5.57 Å². The monoisotopic (exact) mass is 302 g/mol. The zero-order valence-electron chi connectivity index (χ0n) is 12.5. The van der Waals surface area contributed by atoms with Crippen LogP contribution in [0.1, 0.15) is 11.1 Å². The van der Waals surface area contributed by atoms with Crippen LogP contribution in [0.4, 0.5) is 11.4 Å². The summed E-state index contributed by atoms with van der Waals surface area (Å²) in [6.07, 6.45) is 1.35. The summed E-state index contributed by atoms with van der Waals surface area (Å²) in [5.41, 5.74) is 2.43. The lowest BCUT2D eigenvalue weighted by atomic mass is 10.2. The number of amides is 1. The van der Waals surface area contributed by atoms with Crippen molar-refractivity contribution in [2.24, 2.45) is 0 Å². The number of nitrogens with one attached hydrogen (secondary N) is 2. The van der Waals surface area contributed by atoms with Crippen molar-refractivity contribution in [1.82, 2.24) is 0 Å². The van der Waals surface area contributed by atoms with Gasteiger partial charge in [0.2, 0.25) is 0 Å². The van der Waals surface area contributed by atoms with E-state index in [4.69, 9.17) is 10.5 Å². The molecule has 5 nitrogen and oxygen atoms in total. The van der Waals surface area contributed by atoms with Crippen LogP contribution in [-0.4, -0.2) is 5.91 Å². The lowest BCUT2D eigenvalue weighted by molar-refractivity contribution is -0.112. The number of anilines is 2. The standard InChI is InChI=1S/C18H14N4O/c1-13-6-2-4-8-16(13)21-12-15(11-20)18(23)22-17-9-5-3-7-14(17)10-19/h2-9,12,21H,1H3,(H,22,23)/b15-12-. The maximum Gasteiger partial charge on any atom is 0.267 e. The van der Waals surface area contributed by atoms with E-state index in [1.807, 2.05) is 43.3 Å². The van der Waals surface area contributed by atoms with Gasteiger partial charge in [-0.25, -0.2) is 0 Å². The molecule has 0 radical (unpaired) electrons. The number of carbonyl (C=O) groups excluding carboxylic acids is 1. The molecule has 0 bridgehead atoms. The molecule has 2 aromatic rings. The first kappa shape index (κ1) is 15.8. The molecule has 0 saturated heterocycles. The molecule has 0 unspecified atom stereocenters. The average Bonchev–Trinajstić information content (AvgIpc) is 2.57. The van der Waals surface area contributed by atoms with Crippen LogP contribution < -0.4 is 10.6 Å². The van der Waals surface area contributed by atoms with Crippen molar-refractivity contribution in [3.8, 4) is 12.1 Å². The minimum Gasteiger partial charge on any atom is -0.360 e. The highest BCUT2D eigenvalue weighted by Gasteiger charge is 2.11. The van der Waals surface area contributed by atoms with E-state index < -0.39 is 5.91 Å². The Labute approximate surface area is 134 Å². The van der Waals surface area contributed by atoms with Crippen molar-refractivity contribution in [3.63, 3.8) is 0 Å². The van der Waals surface area contributed by atoms with Gasteiger partial charge in [0.25, 0.3) is 5.91 Å². The third kappa shape index (κ3) is 3.96. The van der Waals surface area contributed by atoms with Gasteiger partial charge in [-0.05, 0) is 30.7 Å². The molecule has 0 spiro atoms. The summed E-state index contributed by atoms with van der Waals surface area (Å²) < 4.78 is 0. The molecule has 23 heavy (non-hydrogen) atoms. The van der Waals surface area contributed by atoms with Gasteiger partial charge in [0.05, 0.1) is 11.3 Å². The Bertz CT molecular complexity index is 841. The predicted molar refractivity (Wildman–Crippen MR) is 88.3 cm³/mol. The molecule has 0 saturated carbocycles. The van der Waals surface area contributed by atoms with E-state index >= 15 is 0 Å². The number of rotatable bonds is 4. The number of aryl methyl sites for hydroxylation is 1. The topological polar surface area (TPSA) is 88.7 Å². The first-order valence-corrected chi connectivity index (χ1v) is 6.88. The van der Waals surface area contributed by atoms with Crippen LogP contribution >= 0.6 is 0 Å². The molecule has 5 heteroatoms. The Hall–Kier alpha value is -3.57. The highest BCUT2D eigenvalue weighted by atomic mass is 16.1. The van der Waals surface area contributed by atoms with Crippen molar-refractivity contribution in [1.29, 1.82) is 10.5 Å². The van der Waals surface area contributed by atoms with Gasteiger partial charge >= 0.3 is 0 Å². The Morgan fingerprint density at radius 1 is 1.04 bits per heavy atom. The van der Waals surface area contributed by atoms with Crippen molar-refractivity contribution in [2.45, 2.75) is 6.92 Å². The summed E-state index contributed by atoms with van der Waals surface area (Å²) >= 11 is 0. The molecular formula is C18H14N4O. The first-order valence-electron chi connectivity index (χ1n) is 6.88. The maximum absolute atomic E-state index is 12.2. The van der Waals surface area contributed by atoms with E-state index in [1.54, 1.807) is 24.3 Å². The summed E-state index contributed by atoms with van der Waals surface area (Å²) in [5, 5.41) is 23.7.